The lowest BCUT2D eigenvalue weighted by atomic mass is 10.3. The van der Waals surface area contributed by atoms with Crippen LogP contribution in [0.1, 0.15) is 26.2 Å². The van der Waals surface area contributed by atoms with Crippen LogP contribution < -0.4 is 10.4 Å². The second-order valence-electron chi connectivity index (χ2n) is 4.78. The average Bonchev–Trinajstić information content (AvgIpc) is 2.49. The number of benzene rings is 2. The average molecular weight is 270 g/mol. The van der Waals surface area contributed by atoms with Crippen LogP contribution in [0, 0.1) is 0 Å². The first-order valence-electron chi connectivity index (χ1n) is 7.13. The van der Waals surface area contributed by atoms with Crippen molar-refractivity contribution in [3.05, 3.63) is 60.7 Å². The van der Waals surface area contributed by atoms with Gasteiger partial charge < -0.3 is 4.43 Å². The molecule has 0 radical (unpaired) electrons. The number of rotatable bonds is 7. The van der Waals surface area contributed by atoms with E-state index in [4.69, 9.17) is 4.43 Å². The summed E-state index contributed by atoms with van der Waals surface area (Å²) in [6.07, 6.45) is 3.66. The van der Waals surface area contributed by atoms with Crippen molar-refractivity contribution in [2.75, 3.05) is 6.61 Å². The van der Waals surface area contributed by atoms with Gasteiger partial charge in [0.15, 0.2) is 0 Å². The van der Waals surface area contributed by atoms with Gasteiger partial charge in [-0.2, -0.15) is 0 Å². The Kier molecular flexibility index (Phi) is 5.85. The van der Waals surface area contributed by atoms with E-state index in [1.54, 1.807) is 0 Å². The third kappa shape index (κ3) is 4.34. The predicted octanol–water partition coefficient (Wildman–Crippen LogP) is 2.73. The van der Waals surface area contributed by atoms with Gasteiger partial charge in [0.2, 0.25) is 9.04 Å². The van der Waals surface area contributed by atoms with E-state index < -0.39 is 9.04 Å². The third-order valence-corrected chi connectivity index (χ3v) is 5.79. The van der Waals surface area contributed by atoms with Crippen LogP contribution in [0.25, 0.3) is 0 Å². The summed E-state index contributed by atoms with van der Waals surface area (Å²) in [7, 11) is -1.49. The van der Waals surface area contributed by atoms with E-state index >= 15 is 0 Å². The van der Waals surface area contributed by atoms with Crippen LogP contribution in [0.4, 0.5) is 0 Å². The van der Waals surface area contributed by atoms with E-state index in [0.717, 1.165) is 6.61 Å². The molecule has 2 heteroatoms. The third-order valence-electron chi connectivity index (χ3n) is 3.24. The van der Waals surface area contributed by atoms with Gasteiger partial charge in [0, 0.05) is 6.61 Å². The van der Waals surface area contributed by atoms with E-state index in [-0.39, 0.29) is 0 Å². The van der Waals surface area contributed by atoms with E-state index in [1.165, 1.54) is 29.6 Å². The Balaban J connectivity index is 2.10. The molecule has 100 valence electrons. The molecule has 0 spiro atoms. The Labute approximate surface area is 118 Å². The number of unbranched alkanes of at least 4 members (excludes halogenated alkanes) is 2. The normalized spacial score (nSPS) is 10.8. The summed E-state index contributed by atoms with van der Waals surface area (Å²) in [5, 5.41) is 2.73. The van der Waals surface area contributed by atoms with Gasteiger partial charge in [0.25, 0.3) is 0 Å². The standard InChI is InChI=1S/C17H22OSi/c1-2-3-10-15-18-19(16-11-6-4-7-12-16)17-13-8-5-9-14-17/h4-9,11-14,19H,2-3,10,15H2,1H3. The molecule has 0 aliphatic heterocycles. The summed E-state index contributed by atoms with van der Waals surface area (Å²) in [5.74, 6) is 0. The molecule has 2 rings (SSSR count). The zero-order chi connectivity index (χ0) is 13.3. The van der Waals surface area contributed by atoms with Crippen LogP contribution in [0.3, 0.4) is 0 Å². The highest BCUT2D eigenvalue weighted by molar-refractivity contribution is 6.80. The Bertz CT molecular complexity index is 416. The molecule has 0 aliphatic carbocycles. The van der Waals surface area contributed by atoms with Crippen molar-refractivity contribution in [1.82, 2.24) is 0 Å². The summed E-state index contributed by atoms with van der Waals surface area (Å²) in [4.78, 5) is 0. The molecular weight excluding hydrogens is 248 g/mol. The highest BCUT2D eigenvalue weighted by atomic mass is 28.3. The first-order chi connectivity index (χ1) is 9.42. The summed E-state index contributed by atoms with van der Waals surface area (Å²) < 4.78 is 6.26. The Morgan fingerprint density at radius 1 is 0.789 bits per heavy atom. The molecule has 0 N–H and O–H groups in total. The maximum atomic E-state index is 6.26. The van der Waals surface area contributed by atoms with Gasteiger partial charge in [-0.3, -0.25) is 0 Å². The second kappa shape index (κ2) is 7.92. The smallest absolute Gasteiger partial charge is 0.239 e. The molecular formula is C17H22OSi. The molecule has 0 saturated carbocycles. The molecule has 0 saturated heterocycles. The molecule has 2 aromatic carbocycles. The zero-order valence-electron chi connectivity index (χ0n) is 11.6. The quantitative estimate of drug-likeness (QED) is 0.555. The maximum Gasteiger partial charge on any atom is 0.239 e. The maximum absolute atomic E-state index is 6.26. The van der Waals surface area contributed by atoms with Gasteiger partial charge in [-0.15, -0.1) is 0 Å². The lowest BCUT2D eigenvalue weighted by Crippen LogP contribution is -2.45. The fourth-order valence-electron chi connectivity index (χ4n) is 2.19. The fraction of sp³-hybridized carbons (Fsp3) is 0.294. The Hall–Kier alpha value is -1.38. The molecule has 0 aliphatic rings. The minimum atomic E-state index is -1.49. The van der Waals surface area contributed by atoms with Crippen molar-refractivity contribution in [2.45, 2.75) is 26.2 Å². The molecule has 0 heterocycles. The SMILES string of the molecule is CCCCCO[SiH](c1ccccc1)c1ccccc1. The van der Waals surface area contributed by atoms with Crippen LogP contribution in [0.5, 0.6) is 0 Å². The van der Waals surface area contributed by atoms with E-state index in [0.29, 0.717) is 0 Å². The molecule has 0 amide bonds. The lowest BCUT2D eigenvalue weighted by molar-refractivity contribution is 0.320. The molecule has 1 nitrogen and oxygen atoms in total. The van der Waals surface area contributed by atoms with E-state index in [2.05, 4.69) is 67.6 Å². The highest BCUT2D eigenvalue weighted by Gasteiger charge is 2.16. The molecule has 0 fully saturated rings. The van der Waals surface area contributed by atoms with Gasteiger partial charge in [-0.1, -0.05) is 80.4 Å². The van der Waals surface area contributed by atoms with Gasteiger partial charge in [-0.25, -0.2) is 0 Å². The number of hydrogen-bond acceptors (Lipinski definition) is 1. The van der Waals surface area contributed by atoms with E-state index in [1.807, 2.05) is 0 Å². The largest absolute Gasteiger partial charge is 0.411 e. The molecule has 0 aromatic heterocycles. The molecule has 0 atom stereocenters. The van der Waals surface area contributed by atoms with Crippen molar-refractivity contribution in [3.8, 4) is 0 Å². The van der Waals surface area contributed by atoms with Crippen LogP contribution in [0.2, 0.25) is 0 Å². The van der Waals surface area contributed by atoms with Crippen molar-refractivity contribution >= 4 is 19.4 Å². The predicted molar refractivity (Wildman–Crippen MR) is 84.8 cm³/mol. The van der Waals surface area contributed by atoms with Crippen molar-refractivity contribution < 1.29 is 4.43 Å². The Morgan fingerprint density at radius 2 is 1.32 bits per heavy atom. The number of hydrogen-bond donors (Lipinski definition) is 0. The summed E-state index contributed by atoms with van der Waals surface area (Å²) in [6.45, 7) is 3.11. The summed E-state index contributed by atoms with van der Waals surface area (Å²) in [5.41, 5.74) is 0. The van der Waals surface area contributed by atoms with Crippen molar-refractivity contribution in [2.24, 2.45) is 0 Å². The van der Waals surface area contributed by atoms with Gasteiger partial charge >= 0.3 is 0 Å². The zero-order valence-corrected chi connectivity index (χ0v) is 12.7. The summed E-state index contributed by atoms with van der Waals surface area (Å²) >= 11 is 0. The minimum Gasteiger partial charge on any atom is -0.411 e. The molecule has 2 aromatic rings. The lowest BCUT2D eigenvalue weighted by Gasteiger charge is -2.17. The topological polar surface area (TPSA) is 9.23 Å². The summed E-state index contributed by atoms with van der Waals surface area (Å²) in [6, 6.07) is 21.3. The van der Waals surface area contributed by atoms with Gasteiger partial charge in [-0.05, 0) is 16.8 Å². The van der Waals surface area contributed by atoms with Gasteiger partial charge in [0.1, 0.15) is 0 Å². The van der Waals surface area contributed by atoms with Crippen LogP contribution >= 0.6 is 0 Å². The first kappa shape index (κ1) is 14.0. The fourth-order valence-corrected chi connectivity index (χ4v) is 4.51. The van der Waals surface area contributed by atoms with Crippen molar-refractivity contribution in [3.63, 3.8) is 0 Å². The second-order valence-corrected chi connectivity index (χ2v) is 7.21. The van der Waals surface area contributed by atoms with Gasteiger partial charge in [0.05, 0.1) is 0 Å². The van der Waals surface area contributed by atoms with Crippen LogP contribution in [-0.2, 0) is 4.43 Å². The highest BCUT2D eigenvalue weighted by Crippen LogP contribution is 1.99. The van der Waals surface area contributed by atoms with Crippen molar-refractivity contribution in [1.29, 1.82) is 0 Å². The van der Waals surface area contributed by atoms with Crippen LogP contribution in [-0.4, -0.2) is 15.6 Å². The minimum absolute atomic E-state index is 0.883. The molecule has 0 unspecified atom stereocenters. The van der Waals surface area contributed by atoms with E-state index in [9.17, 15) is 0 Å². The van der Waals surface area contributed by atoms with Crippen LogP contribution in [0.15, 0.2) is 60.7 Å². The monoisotopic (exact) mass is 270 g/mol. The molecule has 19 heavy (non-hydrogen) atoms. The first-order valence-corrected chi connectivity index (χ1v) is 8.76. The Morgan fingerprint density at radius 3 is 1.79 bits per heavy atom. The molecule has 0 bridgehead atoms.